The number of β-amino-alcohol motifs (C(OH)–C–C–N with tert-alkyl or cyclic N) is 1. The van der Waals surface area contributed by atoms with Crippen molar-refractivity contribution in [2.45, 2.75) is 24.3 Å². The van der Waals surface area contributed by atoms with Gasteiger partial charge in [0.15, 0.2) is 9.84 Å². The quantitative estimate of drug-likeness (QED) is 0.872. The molecule has 1 aliphatic rings. The monoisotopic (exact) mass is 340 g/mol. The molecule has 1 aromatic carbocycles. The van der Waals surface area contributed by atoms with Crippen LogP contribution >= 0.6 is 0 Å². The number of aliphatic hydroxyl groups is 1. The second kappa shape index (κ2) is 7.42. The van der Waals surface area contributed by atoms with Crippen molar-refractivity contribution >= 4 is 15.7 Å². The molecule has 1 saturated heterocycles. The molecule has 0 bridgehead atoms. The zero-order valence-corrected chi connectivity index (χ0v) is 14.4. The van der Waals surface area contributed by atoms with Crippen molar-refractivity contribution in [1.29, 1.82) is 0 Å². The molecule has 1 heterocycles. The van der Waals surface area contributed by atoms with E-state index in [4.69, 9.17) is 0 Å². The molecule has 7 heteroatoms. The minimum absolute atomic E-state index is 0.0868. The third kappa shape index (κ3) is 5.02. The maximum atomic E-state index is 11.5. The predicted octanol–water partition coefficient (Wildman–Crippen LogP) is 0.678. The van der Waals surface area contributed by atoms with E-state index < -0.39 is 15.9 Å². The zero-order chi connectivity index (χ0) is 17.0. The predicted molar refractivity (Wildman–Crippen MR) is 87.8 cm³/mol. The van der Waals surface area contributed by atoms with Crippen LogP contribution in [0.5, 0.6) is 0 Å². The molecule has 1 aliphatic heterocycles. The van der Waals surface area contributed by atoms with Crippen LogP contribution in [-0.2, 0) is 14.6 Å². The number of sulfone groups is 1. The normalized spacial score (nSPS) is 18.5. The molecule has 1 atom stereocenters. The topological polar surface area (TPSA) is 77.9 Å². The molecule has 1 fully saturated rings. The summed E-state index contributed by atoms with van der Waals surface area (Å²) in [4.78, 5) is 15.6. The van der Waals surface area contributed by atoms with Crippen molar-refractivity contribution in [2.75, 3.05) is 39.0 Å². The number of aliphatic hydroxyl groups excluding tert-OH is 1. The third-order valence-electron chi connectivity index (χ3n) is 4.16. The molecule has 1 aromatic rings. The number of hydrogen-bond acceptors (Lipinski definition) is 5. The maximum absolute atomic E-state index is 11.5. The van der Waals surface area contributed by atoms with Crippen molar-refractivity contribution in [3.05, 3.63) is 29.8 Å². The highest BCUT2D eigenvalue weighted by molar-refractivity contribution is 7.90. The Morgan fingerprint density at radius 1 is 1.17 bits per heavy atom. The Morgan fingerprint density at radius 3 is 2.39 bits per heavy atom. The highest BCUT2D eigenvalue weighted by Gasteiger charge is 2.19. The fourth-order valence-corrected chi connectivity index (χ4v) is 3.39. The number of amides is 1. The van der Waals surface area contributed by atoms with Crippen LogP contribution < -0.4 is 0 Å². The summed E-state index contributed by atoms with van der Waals surface area (Å²) >= 11 is 0. The second-order valence-electron chi connectivity index (χ2n) is 6.02. The minimum atomic E-state index is -3.22. The van der Waals surface area contributed by atoms with E-state index in [9.17, 15) is 18.3 Å². The molecule has 128 valence electrons. The lowest BCUT2D eigenvalue weighted by Crippen LogP contribution is -2.35. The van der Waals surface area contributed by atoms with E-state index in [0.717, 1.165) is 32.3 Å². The molecule has 0 aliphatic carbocycles. The van der Waals surface area contributed by atoms with Gasteiger partial charge < -0.3 is 10.0 Å². The molecule has 0 spiro atoms. The Balaban J connectivity index is 1.96. The molecule has 1 N–H and O–H groups in total. The van der Waals surface area contributed by atoms with Crippen LogP contribution in [0.1, 0.15) is 25.0 Å². The minimum Gasteiger partial charge on any atom is -0.387 e. The Labute approximate surface area is 137 Å². The summed E-state index contributed by atoms with van der Waals surface area (Å²) < 4.78 is 22.9. The molecule has 2 rings (SSSR count). The molecule has 1 amide bonds. The van der Waals surface area contributed by atoms with Gasteiger partial charge in [-0.1, -0.05) is 12.1 Å². The van der Waals surface area contributed by atoms with Crippen LogP contribution in [0.25, 0.3) is 0 Å². The lowest BCUT2D eigenvalue weighted by molar-refractivity contribution is -0.128. The molecule has 0 aromatic heterocycles. The molecule has 6 nitrogen and oxygen atoms in total. The first kappa shape index (κ1) is 17.9. The van der Waals surface area contributed by atoms with Crippen LogP contribution in [-0.4, -0.2) is 68.2 Å². The van der Waals surface area contributed by atoms with Crippen molar-refractivity contribution in [1.82, 2.24) is 9.80 Å². The molecule has 23 heavy (non-hydrogen) atoms. The Bertz CT molecular complexity index is 643. The highest BCUT2D eigenvalue weighted by Crippen LogP contribution is 2.18. The van der Waals surface area contributed by atoms with E-state index in [1.54, 1.807) is 19.1 Å². The van der Waals surface area contributed by atoms with E-state index in [2.05, 4.69) is 4.90 Å². The molecular formula is C16H24N2O4S. The molecular weight excluding hydrogens is 316 g/mol. The largest absolute Gasteiger partial charge is 0.387 e. The van der Waals surface area contributed by atoms with Gasteiger partial charge in [0.25, 0.3) is 0 Å². The SMILES string of the molecule is CC(=O)N1CCCN(CC(O)c2ccc(S(C)(=O)=O)cc2)CC1. The molecule has 0 saturated carbocycles. The summed E-state index contributed by atoms with van der Waals surface area (Å²) in [5.41, 5.74) is 0.699. The van der Waals surface area contributed by atoms with E-state index in [-0.39, 0.29) is 10.8 Å². The van der Waals surface area contributed by atoms with Gasteiger partial charge in [-0.25, -0.2) is 8.42 Å². The van der Waals surface area contributed by atoms with E-state index >= 15 is 0 Å². The van der Waals surface area contributed by atoms with Crippen molar-refractivity contribution in [2.24, 2.45) is 0 Å². The molecule has 1 unspecified atom stereocenters. The van der Waals surface area contributed by atoms with Gasteiger partial charge in [0.2, 0.25) is 5.91 Å². The summed E-state index contributed by atoms with van der Waals surface area (Å²) in [6, 6.07) is 6.35. The summed E-state index contributed by atoms with van der Waals surface area (Å²) in [6.45, 7) is 5.05. The van der Waals surface area contributed by atoms with Crippen LogP contribution in [0.4, 0.5) is 0 Å². The Hall–Kier alpha value is -1.44. The van der Waals surface area contributed by atoms with Crippen LogP contribution in [0.2, 0.25) is 0 Å². The van der Waals surface area contributed by atoms with Gasteiger partial charge in [-0.3, -0.25) is 9.69 Å². The Kier molecular flexibility index (Phi) is 5.78. The second-order valence-corrected chi connectivity index (χ2v) is 8.03. The number of rotatable bonds is 4. The summed E-state index contributed by atoms with van der Waals surface area (Å²) in [5.74, 6) is 0.0868. The van der Waals surface area contributed by atoms with Crippen LogP contribution in [0.3, 0.4) is 0 Å². The molecule has 0 radical (unpaired) electrons. The standard InChI is InChI=1S/C16H24N2O4S/c1-13(19)18-9-3-8-17(10-11-18)12-16(20)14-4-6-15(7-5-14)23(2,21)22/h4-7,16,20H,3,8-12H2,1-2H3. The number of carbonyl (C=O) groups excluding carboxylic acids is 1. The summed E-state index contributed by atoms with van der Waals surface area (Å²) in [7, 11) is -3.22. The lowest BCUT2D eigenvalue weighted by atomic mass is 10.1. The van der Waals surface area contributed by atoms with Gasteiger partial charge in [0.05, 0.1) is 11.0 Å². The van der Waals surface area contributed by atoms with Crippen LogP contribution in [0, 0.1) is 0 Å². The van der Waals surface area contributed by atoms with E-state index in [1.165, 1.54) is 12.1 Å². The number of hydrogen-bond donors (Lipinski definition) is 1. The van der Waals surface area contributed by atoms with Crippen molar-refractivity contribution in [3.8, 4) is 0 Å². The van der Waals surface area contributed by atoms with Crippen LogP contribution in [0.15, 0.2) is 29.2 Å². The van der Waals surface area contributed by atoms with Crippen molar-refractivity contribution in [3.63, 3.8) is 0 Å². The first-order valence-corrected chi connectivity index (χ1v) is 9.62. The van der Waals surface area contributed by atoms with Gasteiger partial charge in [-0.2, -0.15) is 0 Å². The first-order valence-electron chi connectivity index (χ1n) is 7.73. The average Bonchev–Trinajstić information content (AvgIpc) is 2.72. The zero-order valence-electron chi connectivity index (χ0n) is 13.6. The highest BCUT2D eigenvalue weighted by atomic mass is 32.2. The van der Waals surface area contributed by atoms with Gasteiger partial charge >= 0.3 is 0 Å². The average molecular weight is 340 g/mol. The fraction of sp³-hybridized carbons (Fsp3) is 0.562. The maximum Gasteiger partial charge on any atom is 0.219 e. The van der Waals surface area contributed by atoms with E-state index in [1.807, 2.05) is 4.90 Å². The van der Waals surface area contributed by atoms with Crippen molar-refractivity contribution < 1.29 is 18.3 Å². The van der Waals surface area contributed by atoms with Gasteiger partial charge in [-0.05, 0) is 24.1 Å². The summed E-state index contributed by atoms with van der Waals surface area (Å²) in [5, 5.41) is 10.4. The fourth-order valence-electron chi connectivity index (χ4n) is 2.76. The summed E-state index contributed by atoms with van der Waals surface area (Å²) in [6.07, 6.45) is 1.38. The van der Waals surface area contributed by atoms with Gasteiger partial charge in [0, 0.05) is 45.9 Å². The number of carbonyl (C=O) groups is 1. The van der Waals surface area contributed by atoms with Gasteiger partial charge in [-0.15, -0.1) is 0 Å². The lowest BCUT2D eigenvalue weighted by Gasteiger charge is -2.24. The third-order valence-corrected chi connectivity index (χ3v) is 5.29. The number of benzene rings is 1. The van der Waals surface area contributed by atoms with E-state index in [0.29, 0.717) is 18.7 Å². The Morgan fingerprint density at radius 2 is 1.83 bits per heavy atom. The smallest absolute Gasteiger partial charge is 0.219 e. The first-order chi connectivity index (χ1) is 10.8. The van der Waals surface area contributed by atoms with Gasteiger partial charge in [0.1, 0.15) is 0 Å². The number of nitrogens with zero attached hydrogens (tertiary/aromatic N) is 2.